The Morgan fingerprint density at radius 2 is 2.26 bits per heavy atom. The molecular formula is C12H18N4O3. The molecule has 7 nitrogen and oxygen atoms in total. The van der Waals surface area contributed by atoms with Crippen LogP contribution < -0.4 is 16.6 Å². The normalized spacial score (nSPS) is 22.2. The molecule has 2 unspecified atom stereocenters. The molecule has 0 bridgehead atoms. The van der Waals surface area contributed by atoms with Crippen molar-refractivity contribution in [1.29, 1.82) is 0 Å². The Hall–Kier alpha value is -1.86. The van der Waals surface area contributed by atoms with Crippen LogP contribution in [0, 0.1) is 16.0 Å². The van der Waals surface area contributed by atoms with Crippen molar-refractivity contribution in [2.75, 3.05) is 23.9 Å². The third-order valence-electron chi connectivity index (χ3n) is 3.46. The summed E-state index contributed by atoms with van der Waals surface area (Å²) in [7, 11) is 0. The zero-order chi connectivity index (χ0) is 13.8. The minimum absolute atomic E-state index is 0.0310. The third kappa shape index (κ3) is 2.94. The second kappa shape index (κ2) is 5.85. The standard InChI is InChI=1S/C12H18N4O3/c1-8-9(5-6-19-8)7-14-10-3-2-4-11(15-13)12(10)16(17)18/h2-4,8-9,14-15H,5-7,13H2,1H3. The van der Waals surface area contributed by atoms with Gasteiger partial charge < -0.3 is 15.5 Å². The van der Waals surface area contributed by atoms with Crippen molar-refractivity contribution in [2.24, 2.45) is 11.8 Å². The van der Waals surface area contributed by atoms with E-state index >= 15 is 0 Å². The van der Waals surface area contributed by atoms with Gasteiger partial charge >= 0.3 is 5.69 Å². The van der Waals surface area contributed by atoms with E-state index in [1.165, 1.54) is 0 Å². The molecule has 1 saturated heterocycles. The van der Waals surface area contributed by atoms with Crippen LogP contribution in [0.5, 0.6) is 0 Å². The van der Waals surface area contributed by atoms with E-state index in [9.17, 15) is 10.1 Å². The number of nitro groups is 1. The summed E-state index contributed by atoms with van der Waals surface area (Å²) in [4.78, 5) is 10.7. The summed E-state index contributed by atoms with van der Waals surface area (Å²) >= 11 is 0. The van der Waals surface area contributed by atoms with Gasteiger partial charge in [-0.05, 0) is 25.5 Å². The zero-order valence-corrected chi connectivity index (χ0v) is 10.8. The fourth-order valence-electron chi connectivity index (χ4n) is 2.28. The van der Waals surface area contributed by atoms with Crippen LogP contribution in [0.2, 0.25) is 0 Å². The molecule has 1 aromatic carbocycles. The highest BCUT2D eigenvalue weighted by atomic mass is 16.6. The number of benzene rings is 1. The van der Waals surface area contributed by atoms with Crippen molar-refractivity contribution in [3.05, 3.63) is 28.3 Å². The van der Waals surface area contributed by atoms with Gasteiger partial charge in [-0.2, -0.15) is 0 Å². The highest BCUT2D eigenvalue weighted by molar-refractivity contribution is 5.75. The highest BCUT2D eigenvalue weighted by Crippen LogP contribution is 2.32. The average molecular weight is 266 g/mol. The number of nitrogens with zero attached hydrogens (tertiary/aromatic N) is 1. The van der Waals surface area contributed by atoms with Crippen molar-refractivity contribution in [1.82, 2.24) is 0 Å². The lowest BCUT2D eigenvalue weighted by Gasteiger charge is -2.16. The number of nitro benzene ring substituents is 1. The van der Waals surface area contributed by atoms with Crippen LogP contribution >= 0.6 is 0 Å². The van der Waals surface area contributed by atoms with Gasteiger partial charge in [0.15, 0.2) is 0 Å². The Kier molecular flexibility index (Phi) is 4.18. The van der Waals surface area contributed by atoms with E-state index in [1.54, 1.807) is 18.2 Å². The maximum atomic E-state index is 11.1. The molecule has 0 saturated carbocycles. The molecule has 2 rings (SSSR count). The SMILES string of the molecule is CC1OCCC1CNc1cccc(NN)c1[N+](=O)[O-]. The van der Waals surface area contributed by atoms with E-state index in [4.69, 9.17) is 10.6 Å². The lowest BCUT2D eigenvalue weighted by Crippen LogP contribution is -2.21. The van der Waals surface area contributed by atoms with Crippen LogP contribution in [0.25, 0.3) is 0 Å². The molecule has 4 N–H and O–H groups in total. The minimum Gasteiger partial charge on any atom is -0.379 e. The lowest BCUT2D eigenvalue weighted by atomic mass is 10.0. The molecular weight excluding hydrogens is 248 g/mol. The Morgan fingerprint density at radius 3 is 2.84 bits per heavy atom. The molecule has 1 heterocycles. The van der Waals surface area contributed by atoms with Gasteiger partial charge in [-0.3, -0.25) is 16.0 Å². The number of nitrogen functional groups attached to an aromatic ring is 1. The zero-order valence-electron chi connectivity index (χ0n) is 10.8. The summed E-state index contributed by atoms with van der Waals surface area (Å²) in [5.41, 5.74) is 3.09. The number of anilines is 2. The lowest BCUT2D eigenvalue weighted by molar-refractivity contribution is -0.383. The van der Waals surface area contributed by atoms with Crippen LogP contribution in [-0.2, 0) is 4.74 Å². The summed E-state index contributed by atoms with van der Waals surface area (Å²) in [6, 6.07) is 4.98. The number of ether oxygens (including phenoxy) is 1. The predicted octanol–water partition coefficient (Wildman–Crippen LogP) is 1.72. The Bertz CT molecular complexity index is 466. The van der Waals surface area contributed by atoms with E-state index in [2.05, 4.69) is 10.7 Å². The average Bonchev–Trinajstić information content (AvgIpc) is 2.81. The van der Waals surface area contributed by atoms with E-state index in [-0.39, 0.29) is 11.8 Å². The first-order valence-corrected chi connectivity index (χ1v) is 6.23. The minimum atomic E-state index is -0.438. The summed E-state index contributed by atoms with van der Waals surface area (Å²) in [5.74, 6) is 5.66. The molecule has 1 aliphatic rings. The fraction of sp³-hybridized carbons (Fsp3) is 0.500. The molecule has 0 amide bonds. The van der Waals surface area contributed by atoms with Crippen molar-refractivity contribution < 1.29 is 9.66 Å². The molecule has 7 heteroatoms. The molecule has 0 radical (unpaired) electrons. The third-order valence-corrected chi connectivity index (χ3v) is 3.46. The Morgan fingerprint density at radius 1 is 1.53 bits per heavy atom. The number of nitrogens with one attached hydrogen (secondary N) is 2. The molecule has 1 aromatic rings. The molecule has 1 aliphatic heterocycles. The first kappa shape index (κ1) is 13.6. The molecule has 0 aromatic heterocycles. The number of hydrazine groups is 1. The molecule has 0 aliphatic carbocycles. The van der Waals surface area contributed by atoms with Crippen molar-refractivity contribution in [3.63, 3.8) is 0 Å². The smallest absolute Gasteiger partial charge is 0.316 e. The number of hydrogen-bond donors (Lipinski definition) is 3. The van der Waals surface area contributed by atoms with Crippen LogP contribution in [0.4, 0.5) is 17.1 Å². The van der Waals surface area contributed by atoms with Gasteiger partial charge in [-0.25, -0.2) is 0 Å². The topological polar surface area (TPSA) is 102 Å². The molecule has 104 valence electrons. The summed E-state index contributed by atoms with van der Waals surface area (Å²) in [6.45, 7) is 3.42. The van der Waals surface area contributed by atoms with Gasteiger partial charge in [0.1, 0.15) is 11.4 Å². The van der Waals surface area contributed by atoms with E-state index in [0.29, 0.717) is 23.8 Å². The maximum Gasteiger partial charge on any atom is 0.316 e. The van der Waals surface area contributed by atoms with Gasteiger partial charge in [0.2, 0.25) is 0 Å². The van der Waals surface area contributed by atoms with Gasteiger partial charge in [0.05, 0.1) is 11.0 Å². The van der Waals surface area contributed by atoms with Crippen LogP contribution in [0.3, 0.4) is 0 Å². The molecule has 19 heavy (non-hydrogen) atoms. The van der Waals surface area contributed by atoms with Gasteiger partial charge in [-0.15, -0.1) is 0 Å². The maximum absolute atomic E-state index is 11.1. The van der Waals surface area contributed by atoms with Crippen molar-refractivity contribution in [3.8, 4) is 0 Å². The summed E-state index contributed by atoms with van der Waals surface area (Å²) in [5, 5.41) is 14.2. The summed E-state index contributed by atoms with van der Waals surface area (Å²) in [6.07, 6.45) is 1.15. The Labute approximate surface area is 111 Å². The number of rotatable bonds is 5. The van der Waals surface area contributed by atoms with E-state index in [1.807, 2.05) is 6.92 Å². The van der Waals surface area contributed by atoms with E-state index < -0.39 is 4.92 Å². The molecule has 0 spiro atoms. The van der Waals surface area contributed by atoms with Crippen LogP contribution in [-0.4, -0.2) is 24.2 Å². The number of para-hydroxylation sites is 1. The highest BCUT2D eigenvalue weighted by Gasteiger charge is 2.25. The number of hydrogen-bond acceptors (Lipinski definition) is 6. The van der Waals surface area contributed by atoms with Gasteiger partial charge in [0.25, 0.3) is 0 Å². The monoisotopic (exact) mass is 266 g/mol. The van der Waals surface area contributed by atoms with Gasteiger partial charge in [-0.1, -0.05) is 6.07 Å². The van der Waals surface area contributed by atoms with Crippen LogP contribution in [0.15, 0.2) is 18.2 Å². The fourth-order valence-corrected chi connectivity index (χ4v) is 2.28. The first-order chi connectivity index (χ1) is 9.13. The molecule has 1 fully saturated rings. The second-order valence-corrected chi connectivity index (χ2v) is 4.61. The first-order valence-electron chi connectivity index (χ1n) is 6.23. The largest absolute Gasteiger partial charge is 0.379 e. The quantitative estimate of drug-likeness (QED) is 0.426. The van der Waals surface area contributed by atoms with Gasteiger partial charge in [0, 0.05) is 19.1 Å². The molecule has 2 atom stereocenters. The van der Waals surface area contributed by atoms with Crippen molar-refractivity contribution >= 4 is 17.1 Å². The van der Waals surface area contributed by atoms with Crippen molar-refractivity contribution in [2.45, 2.75) is 19.4 Å². The van der Waals surface area contributed by atoms with Crippen LogP contribution in [0.1, 0.15) is 13.3 Å². The Balaban J connectivity index is 2.13. The predicted molar refractivity (Wildman–Crippen MR) is 72.9 cm³/mol. The van der Waals surface area contributed by atoms with E-state index in [0.717, 1.165) is 13.0 Å². The summed E-state index contributed by atoms with van der Waals surface area (Å²) < 4.78 is 5.47. The second-order valence-electron chi connectivity index (χ2n) is 4.61. The number of nitrogens with two attached hydrogens (primary N) is 1.